The Hall–Kier alpha value is -1.85. The standard InChI is InChI=1S/C17H24N4O2/c1-11-6-15(19(2)18-11)17(23)20-8-12-7-13(10-20)14-4-3-5-16(22)21(14)9-12/h6,12-14H,3-5,7-10H2,1-2H3/t12?,13?,14-/m1/s1. The van der Waals surface area contributed by atoms with Crippen LogP contribution in [0.3, 0.4) is 0 Å². The lowest BCUT2D eigenvalue weighted by atomic mass is 9.76. The van der Waals surface area contributed by atoms with Crippen LogP contribution in [0.4, 0.5) is 0 Å². The molecular formula is C17H24N4O2. The Bertz CT molecular complexity index is 653. The maximum Gasteiger partial charge on any atom is 0.272 e. The molecule has 2 bridgehead atoms. The molecule has 124 valence electrons. The Labute approximate surface area is 136 Å². The molecule has 4 rings (SSSR count). The molecule has 0 saturated carbocycles. The molecule has 3 atom stereocenters. The molecule has 1 aromatic rings. The molecule has 23 heavy (non-hydrogen) atoms. The molecule has 0 aliphatic carbocycles. The van der Waals surface area contributed by atoms with Gasteiger partial charge >= 0.3 is 0 Å². The van der Waals surface area contributed by atoms with E-state index in [1.54, 1.807) is 4.68 Å². The van der Waals surface area contributed by atoms with Crippen molar-refractivity contribution in [2.24, 2.45) is 18.9 Å². The summed E-state index contributed by atoms with van der Waals surface area (Å²) in [5, 5.41) is 4.29. The Morgan fingerprint density at radius 1 is 1.30 bits per heavy atom. The average Bonchev–Trinajstić information content (AvgIpc) is 2.86. The summed E-state index contributed by atoms with van der Waals surface area (Å²) in [7, 11) is 1.83. The predicted molar refractivity (Wildman–Crippen MR) is 84.8 cm³/mol. The minimum Gasteiger partial charge on any atom is -0.339 e. The van der Waals surface area contributed by atoms with E-state index in [0.717, 1.165) is 44.6 Å². The summed E-state index contributed by atoms with van der Waals surface area (Å²) in [6.45, 7) is 4.27. The fourth-order valence-corrected chi connectivity index (χ4v) is 4.75. The smallest absolute Gasteiger partial charge is 0.272 e. The van der Waals surface area contributed by atoms with Gasteiger partial charge in [0, 0.05) is 39.1 Å². The molecule has 0 aromatic carbocycles. The molecule has 1 aromatic heterocycles. The number of fused-ring (bicyclic) bond motifs is 4. The zero-order valence-electron chi connectivity index (χ0n) is 13.9. The Balaban J connectivity index is 1.54. The molecule has 3 fully saturated rings. The number of aromatic nitrogens is 2. The third-order valence-corrected chi connectivity index (χ3v) is 5.69. The first-order valence-corrected chi connectivity index (χ1v) is 8.62. The second-order valence-corrected chi connectivity index (χ2v) is 7.37. The van der Waals surface area contributed by atoms with Crippen molar-refractivity contribution in [3.63, 3.8) is 0 Å². The number of rotatable bonds is 1. The van der Waals surface area contributed by atoms with E-state index in [1.165, 1.54) is 0 Å². The number of aryl methyl sites for hydroxylation is 2. The van der Waals surface area contributed by atoms with Gasteiger partial charge in [-0.2, -0.15) is 5.10 Å². The normalized spacial score (nSPS) is 30.3. The maximum absolute atomic E-state index is 12.9. The molecule has 2 unspecified atom stereocenters. The van der Waals surface area contributed by atoms with Gasteiger partial charge in [-0.1, -0.05) is 0 Å². The van der Waals surface area contributed by atoms with E-state index >= 15 is 0 Å². The SMILES string of the molecule is Cc1cc(C(=O)N2CC3CC(C2)[C@H]2CCCC(=O)N2C3)n(C)n1. The second-order valence-electron chi connectivity index (χ2n) is 7.37. The lowest BCUT2D eigenvalue weighted by Crippen LogP contribution is -2.61. The van der Waals surface area contributed by atoms with Crippen LogP contribution in [0.2, 0.25) is 0 Å². The summed E-state index contributed by atoms with van der Waals surface area (Å²) in [5.74, 6) is 1.26. The van der Waals surface area contributed by atoms with Crippen molar-refractivity contribution in [2.75, 3.05) is 19.6 Å². The third-order valence-electron chi connectivity index (χ3n) is 5.69. The predicted octanol–water partition coefficient (Wildman–Crippen LogP) is 1.20. The van der Waals surface area contributed by atoms with E-state index in [2.05, 4.69) is 10.00 Å². The van der Waals surface area contributed by atoms with Crippen molar-refractivity contribution in [3.05, 3.63) is 17.5 Å². The zero-order chi connectivity index (χ0) is 16.1. The highest BCUT2D eigenvalue weighted by Gasteiger charge is 2.45. The lowest BCUT2D eigenvalue weighted by Gasteiger charge is -2.52. The van der Waals surface area contributed by atoms with E-state index < -0.39 is 0 Å². The van der Waals surface area contributed by atoms with Crippen LogP contribution in [0.25, 0.3) is 0 Å². The third kappa shape index (κ3) is 2.44. The summed E-state index contributed by atoms with van der Waals surface area (Å²) in [6, 6.07) is 2.21. The number of hydrogen-bond donors (Lipinski definition) is 0. The minimum atomic E-state index is 0.0818. The van der Waals surface area contributed by atoms with Crippen LogP contribution in [-0.2, 0) is 11.8 Å². The van der Waals surface area contributed by atoms with Gasteiger partial charge in [0.25, 0.3) is 5.91 Å². The van der Waals surface area contributed by atoms with E-state index in [0.29, 0.717) is 35.9 Å². The second kappa shape index (κ2) is 5.35. The van der Waals surface area contributed by atoms with Crippen LogP contribution in [-0.4, -0.2) is 57.1 Å². The van der Waals surface area contributed by atoms with Crippen molar-refractivity contribution in [2.45, 2.75) is 38.6 Å². The molecule has 2 amide bonds. The molecule has 4 heterocycles. The molecule has 0 radical (unpaired) electrons. The summed E-state index contributed by atoms with van der Waals surface area (Å²) in [4.78, 5) is 29.2. The van der Waals surface area contributed by atoms with E-state index in [9.17, 15) is 9.59 Å². The fraction of sp³-hybridized carbons (Fsp3) is 0.706. The van der Waals surface area contributed by atoms with Crippen molar-refractivity contribution in [1.29, 1.82) is 0 Å². The summed E-state index contributed by atoms with van der Waals surface area (Å²) < 4.78 is 1.68. The van der Waals surface area contributed by atoms with Gasteiger partial charge in [-0.15, -0.1) is 0 Å². The first-order chi connectivity index (χ1) is 11.0. The van der Waals surface area contributed by atoms with Gasteiger partial charge in [0.05, 0.1) is 5.69 Å². The van der Waals surface area contributed by atoms with Crippen LogP contribution in [0, 0.1) is 18.8 Å². The Kier molecular flexibility index (Phi) is 3.43. The van der Waals surface area contributed by atoms with Gasteiger partial charge in [-0.05, 0) is 44.1 Å². The number of nitrogens with zero attached hydrogens (tertiary/aromatic N) is 4. The van der Waals surface area contributed by atoms with Crippen LogP contribution >= 0.6 is 0 Å². The highest BCUT2D eigenvalue weighted by Crippen LogP contribution is 2.38. The topological polar surface area (TPSA) is 58.4 Å². The highest BCUT2D eigenvalue weighted by molar-refractivity contribution is 5.92. The van der Waals surface area contributed by atoms with Gasteiger partial charge in [-0.3, -0.25) is 14.3 Å². The molecular weight excluding hydrogens is 292 g/mol. The number of amides is 2. The molecule has 3 aliphatic rings. The first-order valence-electron chi connectivity index (χ1n) is 8.62. The number of piperidine rings is 3. The lowest BCUT2D eigenvalue weighted by molar-refractivity contribution is -0.144. The average molecular weight is 316 g/mol. The van der Waals surface area contributed by atoms with Crippen molar-refractivity contribution < 1.29 is 9.59 Å². The van der Waals surface area contributed by atoms with Crippen LogP contribution < -0.4 is 0 Å². The molecule has 6 heteroatoms. The van der Waals surface area contributed by atoms with E-state index in [-0.39, 0.29) is 5.91 Å². The largest absolute Gasteiger partial charge is 0.339 e. The van der Waals surface area contributed by atoms with E-state index in [4.69, 9.17) is 0 Å². The van der Waals surface area contributed by atoms with Gasteiger partial charge in [0.15, 0.2) is 0 Å². The van der Waals surface area contributed by atoms with Gasteiger partial charge in [-0.25, -0.2) is 0 Å². The first kappa shape index (κ1) is 14.7. The monoisotopic (exact) mass is 316 g/mol. The van der Waals surface area contributed by atoms with Crippen LogP contribution in [0.5, 0.6) is 0 Å². The molecule has 3 aliphatic heterocycles. The molecule has 3 saturated heterocycles. The Morgan fingerprint density at radius 3 is 2.87 bits per heavy atom. The number of likely N-dealkylation sites (tertiary alicyclic amines) is 1. The van der Waals surface area contributed by atoms with Crippen LogP contribution in [0.1, 0.15) is 41.9 Å². The zero-order valence-corrected chi connectivity index (χ0v) is 13.9. The summed E-state index contributed by atoms with van der Waals surface area (Å²) in [6.07, 6.45) is 3.95. The molecule has 0 spiro atoms. The van der Waals surface area contributed by atoms with Gasteiger partial charge in [0.1, 0.15) is 5.69 Å². The molecule has 0 N–H and O–H groups in total. The summed E-state index contributed by atoms with van der Waals surface area (Å²) >= 11 is 0. The number of carbonyl (C=O) groups excluding carboxylic acids is 2. The highest BCUT2D eigenvalue weighted by atomic mass is 16.2. The number of carbonyl (C=O) groups is 2. The Morgan fingerprint density at radius 2 is 2.13 bits per heavy atom. The minimum absolute atomic E-state index is 0.0818. The maximum atomic E-state index is 12.9. The van der Waals surface area contributed by atoms with Crippen molar-refractivity contribution in [3.8, 4) is 0 Å². The van der Waals surface area contributed by atoms with E-state index in [1.807, 2.05) is 24.9 Å². The van der Waals surface area contributed by atoms with Gasteiger partial charge in [0.2, 0.25) is 5.91 Å². The van der Waals surface area contributed by atoms with Crippen molar-refractivity contribution >= 4 is 11.8 Å². The fourth-order valence-electron chi connectivity index (χ4n) is 4.75. The van der Waals surface area contributed by atoms with Crippen molar-refractivity contribution in [1.82, 2.24) is 19.6 Å². The summed E-state index contributed by atoms with van der Waals surface area (Å²) in [5.41, 5.74) is 1.54. The molecule has 6 nitrogen and oxygen atoms in total. The van der Waals surface area contributed by atoms with Gasteiger partial charge < -0.3 is 9.80 Å². The number of hydrogen-bond acceptors (Lipinski definition) is 3. The quantitative estimate of drug-likeness (QED) is 0.782. The van der Waals surface area contributed by atoms with Crippen LogP contribution in [0.15, 0.2) is 6.07 Å².